The number of piperazine rings is 1. The number of likely N-dealkylation sites (tertiary alicyclic amines) is 1. The molecule has 0 aliphatic carbocycles. The maximum Gasteiger partial charge on any atom is 0.223 e. The third kappa shape index (κ3) is 6.76. The largest absolute Gasteiger partial charge is 0.493 e. The van der Waals surface area contributed by atoms with Crippen LogP contribution in [-0.4, -0.2) is 89.2 Å². The second kappa shape index (κ2) is 11.4. The molecule has 1 unspecified atom stereocenters. The lowest BCUT2D eigenvalue weighted by atomic mass is 9.77. The molecule has 2 saturated heterocycles. The second-order valence-corrected chi connectivity index (χ2v) is 10.4. The number of piperidine rings is 1. The monoisotopic (exact) mass is 501 g/mol. The number of amides is 2. The van der Waals surface area contributed by atoms with E-state index < -0.39 is 5.41 Å². The summed E-state index contributed by atoms with van der Waals surface area (Å²) >= 11 is 6.15. The first-order valence-corrected chi connectivity index (χ1v) is 12.8. The first-order chi connectivity index (χ1) is 16.8. The van der Waals surface area contributed by atoms with Crippen molar-refractivity contribution in [3.8, 4) is 5.75 Å². The number of halogens is 1. The number of nitrogens with zero attached hydrogens (tertiary/aromatic N) is 5. The van der Waals surface area contributed by atoms with Gasteiger partial charge in [0.2, 0.25) is 11.8 Å². The quantitative estimate of drug-likeness (QED) is 0.556. The number of aromatic nitrogens is 2. The molecule has 4 rings (SSSR count). The van der Waals surface area contributed by atoms with E-state index in [1.807, 2.05) is 41.1 Å². The third-order valence-corrected chi connectivity index (χ3v) is 7.49. The molecule has 0 spiro atoms. The van der Waals surface area contributed by atoms with Crippen molar-refractivity contribution in [2.45, 2.75) is 32.1 Å². The van der Waals surface area contributed by atoms with Crippen LogP contribution in [0.15, 0.2) is 36.5 Å². The number of carbonyl (C=O) groups is 2. The van der Waals surface area contributed by atoms with Crippen LogP contribution in [0.25, 0.3) is 0 Å². The minimum atomic E-state index is -0.427. The van der Waals surface area contributed by atoms with Gasteiger partial charge in [0.05, 0.1) is 6.61 Å². The highest BCUT2D eigenvalue weighted by Gasteiger charge is 2.41. The predicted octanol–water partition coefficient (Wildman–Crippen LogP) is 2.86. The number of rotatable bonds is 8. The molecule has 1 atom stereocenters. The molecular weight excluding hydrogens is 466 g/mol. The molecule has 190 valence electrons. The van der Waals surface area contributed by atoms with E-state index in [0.717, 1.165) is 44.7 Å². The van der Waals surface area contributed by atoms with Crippen molar-refractivity contribution in [1.29, 1.82) is 0 Å². The maximum absolute atomic E-state index is 13.4. The summed E-state index contributed by atoms with van der Waals surface area (Å²) in [6, 6.07) is 9.28. The molecule has 8 nitrogen and oxygen atoms in total. The molecule has 2 aliphatic heterocycles. The number of hydrogen-bond acceptors (Lipinski definition) is 5. The lowest BCUT2D eigenvalue weighted by molar-refractivity contribution is -0.142. The maximum atomic E-state index is 13.4. The van der Waals surface area contributed by atoms with Crippen LogP contribution in [-0.2, 0) is 23.1 Å². The number of carbonyl (C=O) groups excluding carboxylic acids is 2. The SMILES string of the molecule is CN1CCN(C(=O)CC2(COc3cccc(Cl)c3)CCCN(C(=O)CCc3ccnn3C)C2)CC1. The van der Waals surface area contributed by atoms with Crippen LogP contribution in [0.3, 0.4) is 0 Å². The van der Waals surface area contributed by atoms with E-state index in [2.05, 4.69) is 17.0 Å². The summed E-state index contributed by atoms with van der Waals surface area (Å²) in [5.41, 5.74) is 0.611. The standard InChI is InChI=1S/C26H36ClN5O3/c1-29-13-15-31(16-14-29)25(34)18-26(20-35-23-6-3-5-21(27)17-23)10-4-12-32(19-26)24(33)8-7-22-9-11-28-30(22)2/h3,5-6,9,11,17H,4,7-8,10,12-16,18-20H2,1-2H3. The Kier molecular flexibility index (Phi) is 8.34. The van der Waals surface area contributed by atoms with Gasteiger partial charge in [-0.2, -0.15) is 5.10 Å². The van der Waals surface area contributed by atoms with Gasteiger partial charge in [-0.15, -0.1) is 0 Å². The van der Waals surface area contributed by atoms with E-state index in [4.69, 9.17) is 16.3 Å². The lowest BCUT2D eigenvalue weighted by Gasteiger charge is -2.43. The molecule has 0 bridgehead atoms. The van der Waals surface area contributed by atoms with Crippen LogP contribution in [0.2, 0.25) is 5.02 Å². The molecule has 1 aromatic heterocycles. The summed E-state index contributed by atoms with van der Waals surface area (Å²) in [6.07, 6.45) is 4.91. The molecule has 9 heteroatoms. The Bertz CT molecular complexity index is 1020. The molecule has 0 saturated carbocycles. The predicted molar refractivity (Wildman–Crippen MR) is 135 cm³/mol. The number of aryl methyl sites for hydroxylation is 2. The smallest absolute Gasteiger partial charge is 0.223 e. The summed E-state index contributed by atoms with van der Waals surface area (Å²) in [6.45, 7) is 4.87. The molecule has 0 radical (unpaired) electrons. The van der Waals surface area contributed by atoms with Crippen LogP contribution < -0.4 is 4.74 Å². The topological polar surface area (TPSA) is 70.9 Å². The average molecular weight is 502 g/mol. The van der Waals surface area contributed by atoms with Gasteiger partial charge in [-0.05, 0) is 50.6 Å². The van der Waals surface area contributed by atoms with Crippen molar-refractivity contribution in [3.63, 3.8) is 0 Å². The van der Waals surface area contributed by atoms with E-state index >= 15 is 0 Å². The van der Waals surface area contributed by atoms with Crippen molar-refractivity contribution in [3.05, 3.63) is 47.2 Å². The fourth-order valence-electron chi connectivity index (χ4n) is 5.06. The van der Waals surface area contributed by atoms with E-state index in [9.17, 15) is 9.59 Å². The van der Waals surface area contributed by atoms with E-state index in [0.29, 0.717) is 49.7 Å². The molecule has 3 heterocycles. The summed E-state index contributed by atoms with van der Waals surface area (Å²) in [7, 11) is 3.97. The molecule has 1 aromatic carbocycles. The van der Waals surface area contributed by atoms with Gasteiger partial charge in [-0.1, -0.05) is 17.7 Å². The fourth-order valence-corrected chi connectivity index (χ4v) is 5.24. The first-order valence-electron chi connectivity index (χ1n) is 12.4. The molecule has 0 N–H and O–H groups in total. The average Bonchev–Trinajstić information content (AvgIpc) is 3.26. The van der Waals surface area contributed by atoms with Gasteiger partial charge < -0.3 is 19.4 Å². The van der Waals surface area contributed by atoms with Gasteiger partial charge >= 0.3 is 0 Å². The molecule has 2 aliphatic rings. The molecule has 2 fully saturated rings. The second-order valence-electron chi connectivity index (χ2n) is 9.97. The molecule has 2 aromatic rings. The van der Waals surface area contributed by atoms with Crippen molar-refractivity contribution >= 4 is 23.4 Å². The fraction of sp³-hybridized carbons (Fsp3) is 0.577. The summed E-state index contributed by atoms with van der Waals surface area (Å²) in [5.74, 6) is 0.950. The van der Waals surface area contributed by atoms with Crippen LogP contribution in [0.5, 0.6) is 5.75 Å². The Morgan fingerprint density at radius 2 is 1.86 bits per heavy atom. The minimum Gasteiger partial charge on any atom is -0.493 e. The van der Waals surface area contributed by atoms with E-state index in [-0.39, 0.29) is 11.8 Å². The highest BCUT2D eigenvalue weighted by atomic mass is 35.5. The zero-order chi connectivity index (χ0) is 24.8. The van der Waals surface area contributed by atoms with Crippen molar-refractivity contribution in [1.82, 2.24) is 24.5 Å². The highest BCUT2D eigenvalue weighted by Crippen LogP contribution is 2.36. The minimum absolute atomic E-state index is 0.116. The summed E-state index contributed by atoms with van der Waals surface area (Å²) < 4.78 is 7.99. The zero-order valence-corrected chi connectivity index (χ0v) is 21.5. The van der Waals surface area contributed by atoms with Crippen molar-refractivity contribution < 1.29 is 14.3 Å². The normalized spacial score (nSPS) is 21.2. The number of likely N-dealkylation sites (N-methyl/N-ethyl adjacent to an activating group) is 1. The van der Waals surface area contributed by atoms with E-state index in [1.165, 1.54) is 0 Å². The Morgan fingerprint density at radius 3 is 2.57 bits per heavy atom. The van der Waals surface area contributed by atoms with Gasteiger partial charge in [-0.25, -0.2) is 0 Å². The number of hydrogen-bond donors (Lipinski definition) is 0. The first kappa shape index (κ1) is 25.5. The summed E-state index contributed by atoms with van der Waals surface area (Å²) in [5, 5.41) is 4.80. The molecular formula is C26H36ClN5O3. The summed E-state index contributed by atoms with van der Waals surface area (Å²) in [4.78, 5) is 32.7. The Morgan fingerprint density at radius 1 is 1.06 bits per heavy atom. The lowest BCUT2D eigenvalue weighted by Crippen LogP contribution is -2.53. The number of benzene rings is 1. The van der Waals surface area contributed by atoms with Crippen molar-refractivity contribution in [2.75, 3.05) is 52.9 Å². The zero-order valence-electron chi connectivity index (χ0n) is 20.8. The molecule has 35 heavy (non-hydrogen) atoms. The van der Waals surface area contributed by atoms with Gasteiger partial charge in [0.1, 0.15) is 5.75 Å². The third-order valence-electron chi connectivity index (χ3n) is 7.25. The highest BCUT2D eigenvalue weighted by molar-refractivity contribution is 6.30. The Hall–Kier alpha value is -2.58. The Labute approximate surface area is 212 Å². The van der Waals surface area contributed by atoms with Gasteiger partial charge in [-0.3, -0.25) is 14.3 Å². The van der Waals surface area contributed by atoms with Crippen LogP contribution >= 0.6 is 11.6 Å². The number of ether oxygens (including phenoxy) is 1. The van der Waals surface area contributed by atoms with E-state index in [1.54, 1.807) is 16.9 Å². The van der Waals surface area contributed by atoms with Crippen LogP contribution in [0.4, 0.5) is 0 Å². The van der Waals surface area contributed by atoms with Gasteiger partial charge in [0, 0.05) is 81.5 Å². The van der Waals surface area contributed by atoms with Gasteiger partial charge in [0.25, 0.3) is 0 Å². The van der Waals surface area contributed by atoms with Crippen LogP contribution in [0.1, 0.15) is 31.4 Å². The molecule has 2 amide bonds. The van der Waals surface area contributed by atoms with Crippen molar-refractivity contribution in [2.24, 2.45) is 12.5 Å². The Balaban J connectivity index is 1.45. The van der Waals surface area contributed by atoms with Crippen LogP contribution in [0, 0.1) is 5.41 Å². The van der Waals surface area contributed by atoms with Gasteiger partial charge in [0.15, 0.2) is 0 Å².